The van der Waals surface area contributed by atoms with Crippen molar-refractivity contribution in [1.29, 1.82) is 0 Å². The number of carbonyl (C=O) groups is 6. The van der Waals surface area contributed by atoms with E-state index in [1.54, 1.807) is 87.3 Å². The van der Waals surface area contributed by atoms with Crippen LogP contribution < -0.4 is 5.32 Å². The van der Waals surface area contributed by atoms with Crippen molar-refractivity contribution in [2.75, 3.05) is 7.11 Å². The van der Waals surface area contributed by atoms with E-state index in [4.69, 9.17) is 37.3 Å². The molecule has 2 bridgehead atoms. The maximum atomic E-state index is 16.3. The van der Waals surface area contributed by atoms with Crippen LogP contribution in [0.15, 0.2) is 82.4 Å². The van der Waals surface area contributed by atoms with Gasteiger partial charge >= 0.3 is 315 Å². The fraction of sp³-hybridized carbons (Fsp3) is 0.585. The van der Waals surface area contributed by atoms with Crippen molar-refractivity contribution in [3.63, 3.8) is 0 Å². The molecule has 2 saturated carbocycles. The molecule has 6 rings (SSSR count). The molecule has 0 aromatic heterocycles. The summed E-state index contributed by atoms with van der Waals surface area (Å²) in [4.78, 5) is 88.2. The number of esters is 2. The third kappa shape index (κ3) is 10.2. The Morgan fingerprint density at radius 1 is 0.901 bits per heavy atom. The summed E-state index contributed by atoms with van der Waals surface area (Å²) in [5.74, 6) is -3.71. The zero-order valence-corrected chi connectivity index (χ0v) is 47.3. The van der Waals surface area contributed by atoms with Crippen LogP contribution in [-0.4, -0.2) is 118 Å². The number of Topliss-reactive ketones (excluding diaryl/α,β-unsaturated/α-hetero) is 1. The molecule has 4 aliphatic rings. The average molecular weight is 1080 g/mol. The summed E-state index contributed by atoms with van der Waals surface area (Å²) >= 11 is 2.95. The van der Waals surface area contributed by atoms with E-state index >= 15 is 9.59 Å². The van der Waals surface area contributed by atoms with Gasteiger partial charge in [0.2, 0.25) is 0 Å². The van der Waals surface area contributed by atoms with Crippen LogP contribution >= 0.6 is 0 Å². The van der Waals surface area contributed by atoms with Crippen LogP contribution in [0.2, 0.25) is 36.3 Å². The second kappa shape index (κ2) is 21.1. The molecular formula is C53H72NO14SeSi2. The summed E-state index contributed by atoms with van der Waals surface area (Å²) in [7, 11) is -4.29. The Kier molecular flexibility index (Phi) is 16.6. The summed E-state index contributed by atoms with van der Waals surface area (Å²) in [6, 6.07) is 18.7. The SMILES string of the molecule is CC[Si](CC)(CC)O[C@H]1CC(OC(=O)OC)/C(=C\[Se])[C@H]2[C@@H]3OC(=O)O[C@]34C[C@H](OC(=O)[C@H](O[Si](C)(C)C(C)(C)C)[C@@H](NC(=O)c3ccccc3)c3ccccc3)C(C)=C([C@@H](OC(C)=O)C(=O)[C@]12C)C4(C)C. The molecule has 387 valence electrons. The molecule has 2 aromatic rings. The van der Waals surface area contributed by atoms with E-state index in [0.717, 1.165) is 0 Å². The van der Waals surface area contributed by atoms with Crippen LogP contribution in [0.5, 0.6) is 0 Å². The molecular weight excluding hydrogens is 1010 g/mol. The first-order valence-corrected chi connectivity index (χ1v) is 31.0. The zero-order chi connectivity index (χ0) is 52.6. The first-order valence-electron chi connectivity index (χ1n) is 24.6. The van der Waals surface area contributed by atoms with Gasteiger partial charge in [0, 0.05) is 5.56 Å². The third-order valence-electron chi connectivity index (χ3n) is 16.5. The van der Waals surface area contributed by atoms with Crippen molar-refractivity contribution < 1.29 is 66.0 Å². The van der Waals surface area contributed by atoms with Crippen LogP contribution in [0, 0.1) is 16.7 Å². The molecule has 1 radical (unpaired) electrons. The van der Waals surface area contributed by atoms with Gasteiger partial charge in [-0.1, -0.05) is 69.3 Å². The van der Waals surface area contributed by atoms with Gasteiger partial charge in [-0.25, -0.2) is 0 Å². The van der Waals surface area contributed by atoms with E-state index in [2.05, 4.69) is 42.1 Å². The van der Waals surface area contributed by atoms with Crippen LogP contribution in [0.4, 0.5) is 9.59 Å². The Morgan fingerprint density at radius 2 is 1.49 bits per heavy atom. The zero-order valence-electron chi connectivity index (χ0n) is 43.6. The van der Waals surface area contributed by atoms with Crippen molar-refractivity contribution in [1.82, 2.24) is 5.32 Å². The number of nitrogens with one attached hydrogen (secondary N) is 1. The number of amides is 1. The number of hydrogen-bond donors (Lipinski definition) is 1. The number of hydrogen-bond acceptors (Lipinski definition) is 14. The quantitative estimate of drug-likeness (QED) is 0.0768. The van der Waals surface area contributed by atoms with Crippen molar-refractivity contribution in [2.45, 2.75) is 174 Å². The number of carbonyl (C=O) groups excluding carboxylic acids is 6. The van der Waals surface area contributed by atoms with E-state index in [1.165, 1.54) is 14.0 Å². The molecule has 1 N–H and O–H groups in total. The third-order valence-corrected chi connectivity index (χ3v) is 26.2. The van der Waals surface area contributed by atoms with Crippen molar-refractivity contribution >= 4 is 68.6 Å². The maximum absolute atomic E-state index is 16.3. The predicted molar refractivity (Wildman–Crippen MR) is 270 cm³/mol. The Morgan fingerprint density at radius 3 is 2.03 bits per heavy atom. The molecule has 3 fully saturated rings. The van der Waals surface area contributed by atoms with Gasteiger partial charge in [-0.2, -0.15) is 0 Å². The van der Waals surface area contributed by atoms with Gasteiger partial charge in [-0.15, -0.1) is 0 Å². The number of ether oxygens (including phenoxy) is 6. The standard InChI is InChI=1S/C53H72NO14SeSi2/c1-15-71(16-2,17-3)67-38-28-36(64-48(59)61-12)35(30-69)40-45-53(66-49(60)65-45)29-37(31(4)39(51(53,9)10)42(62-32(5)55)44(56)52(38,40)11)63-47(58)43(68-70(13,14)50(6,7)8)41(33-24-20-18-21-25-33)54-46(57)34-26-22-19-23-27-34/h18-27,30,36-38,40-43,45H,15-17,28-29H2,1-14H3,(H,54,57)/b35-30+/t36?,37-,38-,40-,41-,42+,43+,45-,52+,53+/m0/s1. The number of benzene rings is 2. The van der Waals surface area contributed by atoms with Crippen molar-refractivity contribution in [3.8, 4) is 0 Å². The van der Waals surface area contributed by atoms with Gasteiger partial charge in [-0.05, 0) is 30.3 Å². The Hall–Kier alpha value is -4.59. The van der Waals surface area contributed by atoms with Crippen molar-refractivity contribution in [2.24, 2.45) is 16.7 Å². The normalized spacial score (nSPS) is 28.7. The summed E-state index contributed by atoms with van der Waals surface area (Å²) in [6.45, 7) is 24.6. The first kappa shape index (κ1) is 55.7. The number of rotatable bonds is 15. The molecule has 2 aromatic carbocycles. The summed E-state index contributed by atoms with van der Waals surface area (Å²) in [6.07, 6.45) is -9.74. The average Bonchev–Trinajstić information content (AvgIpc) is 3.66. The van der Waals surface area contributed by atoms with E-state index < -0.39 is 123 Å². The van der Waals surface area contributed by atoms with Gasteiger partial charge in [-0.3, -0.25) is 4.79 Å². The monoisotopic (exact) mass is 1080 g/mol. The van der Waals surface area contributed by atoms with E-state index in [0.29, 0.717) is 40.4 Å². The molecule has 1 heterocycles. The van der Waals surface area contributed by atoms with E-state index in [-0.39, 0.29) is 18.4 Å². The minimum absolute atomic E-state index is 0.0259. The molecule has 1 spiro atoms. The van der Waals surface area contributed by atoms with Crippen LogP contribution in [-0.2, 0) is 51.7 Å². The second-order valence-electron chi connectivity index (χ2n) is 21.5. The Balaban J connectivity index is 1.60. The molecule has 1 aliphatic heterocycles. The Bertz CT molecular complexity index is 2410. The van der Waals surface area contributed by atoms with Gasteiger partial charge in [0.25, 0.3) is 5.91 Å². The number of ketones is 1. The van der Waals surface area contributed by atoms with Gasteiger partial charge < -0.3 is 0 Å². The van der Waals surface area contributed by atoms with Gasteiger partial charge in [0.1, 0.15) is 0 Å². The molecule has 18 heteroatoms. The molecule has 10 atom stereocenters. The second-order valence-corrected chi connectivity index (χ2v) is 31.5. The number of methoxy groups -OCH3 is 1. The summed E-state index contributed by atoms with van der Waals surface area (Å²) in [5, 5.41) is 2.68. The summed E-state index contributed by atoms with van der Waals surface area (Å²) in [5.41, 5.74) is -2.72. The van der Waals surface area contributed by atoms with Crippen molar-refractivity contribution in [3.05, 3.63) is 93.5 Å². The first-order chi connectivity index (χ1) is 33.2. The topological polar surface area (TPSA) is 188 Å². The Labute approximate surface area is 428 Å². The fourth-order valence-electron chi connectivity index (χ4n) is 11.1. The molecule has 71 heavy (non-hydrogen) atoms. The van der Waals surface area contributed by atoms with E-state index in [9.17, 15) is 19.2 Å². The van der Waals surface area contributed by atoms with Crippen LogP contribution in [0.1, 0.15) is 111 Å². The predicted octanol–water partition coefficient (Wildman–Crippen LogP) is 9.62. The summed E-state index contributed by atoms with van der Waals surface area (Å²) < 4.78 is 51.2. The van der Waals surface area contributed by atoms with Gasteiger partial charge in [0.15, 0.2) is 0 Å². The van der Waals surface area contributed by atoms with Crippen LogP contribution in [0.3, 0.4) is 0 Å². The fourth-order valence-corrected chi connectivity index (χ4v) is 15.9. The molecule has 15 nitrogen and oxygen atoms in total. The molecule has 1 saturated heterocycles. The number of fused-ring (bicyclic) bond motifs is 3. The van der Waals surface area contributed by atoms with Crippen LogP contribution in [0.25, 0.3) is 0 Å². The minimum atomic E-state index is -2.88. The molecule has 1 unspecified atom stereocenters. The van der Waals surface area contributed by atoms with E-state index in [1.807, 2.05) is 39.9 Å². The van der Waals surface area contributed by atoms with Gasteiger partial charge in [0.05, 0.1) is 0 Å². The molecule has 3 aliphatic carbocycles. The molecule has 1 amide bonds.